The van der Waals surface area contributed by atoms with E-state index in [0.717, 1.165) is 45.7 Å². The van der Waals surface area contributed by atoms with E-state index in [2.05, 4.69) is 24.5 Å². The lowest BCUT2D eigenvalue weighted by molar-refractivity contribution is 0.233. The summed E-state index contributed by atoms with van der Waals surface area (Å²) in [5.74, 6) is 0. The fourth-order valence-corrected chi connectivity index (χ4v) is 2.84. The summed E-state index contributed by atoms with van der Waals surface area (Å²) < 4.78 is 0. The summed E-state index contributed by atoms with van der Waals surface area (Å²) in [5, 5.41) is 7.04. The number of hydrogen-bond acceptors (Lipinski definition) is 4. The Kier molecular flexibility index (Phi) is 13.7. The molecule has 0 amide bonds. The van der Waals surface area contributed by atoms with Crippen LogP contribution in [0.4, 0.5) is 0 Å². The van der Waals surface area contributed by atoms with Gasteiger partial charge in [-0.05, 0) is 70.2 Å². The second-order valence-electron chi connectivity index (χ2n) is 5.98. The Balaban J connectivity index is 3.62. The van der Waals surface area contributed by atoms with Crippen LogP contribution in [0, 0.1) is 5.41 Å². The minimum absolute atomic E-state index is 0.322. The van der Waals surface area contributed by atoms with Gasteiger partial charge in [0.05, 0.1) is 0 Å². The lowest BCUT2D eigenvalue weighted by Gasteiger charge is -2.32. The van der Waals surface area contributed by atoms with E-state index in [4.69, 9.17) is 11.5 Å². The van der Waals surface area contributed by atoms with Crippen molar-refractivity contribution >= 4 is 0 Å². The Morgan fingerprint density at radius 2 is 1.35 bits per heavy atom. The van der Waals surface area contributed by atoms with Crippen molar-refractivity contribution < 1.29 is 0 Å². The Bertz CT molecular complexity index is 191. The molecule has 0 bridgehead atoms. The molecular formula is C16H38N4. The van der Waals surface area contributed by atoms with E-state index in [9.17, 15) is 0 Å². The van der Waals surface area contributed by atoms with Crippen molar-refractivity contribution in [2.24, 2.45) is 16.9 Å². The van der Waals surface area contributed by atoms with Gasteiger partial charge in [-0.15, -0.1) is 0 Å². The molecule has 0 spiro atoms. The molecule has 0 aliphatic rings. The first-order valence-corrected chi connectivity index (χ1v) is 8.56. The number of nitrogens with one attached hydrogen (secondary N) is 2. The first-order valence-electron chi connectivity index (χ1n) is 8.56. The van der Waals surface area contributed by atoms with Gasteiger partial charge in [0.2, 0.25) is 0 Å². The molecule has 122 valence electrons. The Labute approximate surface area is 126 Å². The molecule has 0 aromatic heterocycles. The van der Waals surface area contributed by atoms with Crippen molar-refractivity contribution in [3.63, 3.8) is 0 Å². The summed E-state index contributed by atoms with van der Waals surface area (Å²) in [5.41, 5.74) is 11.8. The lowest BCUT2D eigenvalue weighted by atomic mass is 9.79. The molecule has 4 nitrogen and oxygen atoms in total. The fourth-order valence-electron chi connectivity index (χ4n) is 2.84. The Hall–Kier alpha value is -0.160. The molecule has 0 aromatic rings. The van der Waals surface area contributed by atoms with Crippen molar-refractivity contribution in [3.05, 3.63) is 0 Å². The first-order chi connectivity index (χ1) is 9.74. The largest absolute Gasteiger partial charge is 0.330 e. The maximum absolute atomic E-state index is 6.03. The summed E-state index contributed by atoms with van der Waals surface area (Å²) in [4.78, 5) is 0. The van der Waals surface area contributed by atoms with Crippen LogP contribution in [0.3, 0.4) is 0 Å². The predicted molar refractivity (Wildman–Crippen MR) is 89.9 cm³/mol. The molecule has 0 radical (unpaired) electrons. The standard InChI is InChI=1S/C16H38N4/c1-3-8-16(14-18,9-4-2)15-20-12-6-5-11-19-13-7-10-17/h19-20H,3-15,17-18H2,1-2H3. The van der Waals surface area contributed by atoms with Crippen molar-refractivity contribution in [3.8, 4) is 0 Å². The maximum Gasteiger partial charge on any atom is 0.00199 e. The quantitative estimate of drug-likeness (QED) is 0.347. The van der Waals surface area contributed by atoms with Crippen LogP contribution in [0.2, 0.25) is 0 Å². The number of nitrogens with two attached hydrogens (primary N) is 2. The van der Waals surface area contributed by atoms with Gasteiger partial charge >= 0.3 is 0 Å². The smallest absolute Gasteiger partial charge is 0.00199 e. The van der Waals surface area contributed by atoms with Crippen LogP contribution in [-0.4, -0.2) is 39.3 Å². The predicted octanol–water partition coefficient (Wildman–Crippen LogP) is 1.84. The van der Waals surface area contributed by atoms with Crippen LogP contribution in [0.1, 0.15) is 58.8 Å². The van der Waals surface area contributed by atoms with Gasteiger partial charge in [-0.2, -0.15) is 0 Å². The summed E-state index contributed by atoms with van der Waals surface area (Å²) in [6.07, 6.45) is 8.47. The van der Waals surface area contributed by atoms with Crippen molar-refractivity contribution in [2.75, 3.05) is 39.3 Å². The van der Waals surface area contributed by atoms with Gasteiger partial charge in [0.1, 0.15) is 0 Å². The summed E-state index contributed by atoms with van der Waals surface area (Å²) in [7, 11) is 0. The third-order valence-corrected chi connectivity index (χ3v) is 4.01. The SMILES string of the molecule is CCCC(CN)(CCC)CNCCCCNCCCN. The second kappa shape index (κ2) is 13.8. The van der Waals surface area contributed by atoms with Crippen LogP contribution in [0.15, 0.2) is 0 Å². The van der Waals surface area contributed by atoms with Gasteiger partial charge in [-0.1, -0.05) is 26.7 Å². The van der Waals surface area contributed by atoms with Gasteiger partial charge in [0.25, 0.3) is 0 Å². The van der Waals surface area contributed by atoms with Gasteiger partial charge in [-0.25, -0.2) is 0 Å². The van der Waals surface area contributed by atoms with E-state index in [-0.39, 0.29) is 0 Å². The third kappa shape index (κ3) is 9.70. The average molecular weight is 287 g/mol. The van der Waals surface area contributed by atoms with Gasteiger partial charge in [-0.3, -0.25) is 0 Å². The molecule has 0 heterocycles. The van der Waals surface area contributed by atoms with Crippen molar-refractivity contribution in [2.45, 2.75) is 58.8 Å². The minimum atomic E-state index is 0.322. The van der Waals surface area contributed by atoms with E-state index in [1.54, 1.807) is 0 Å². The summed E-state index contributed by atoms with van der Waals surface area (Å²) >= 11 is 0. The first kappa shape index (κ1) is 19.8. The number of rotatable bonds is 15. The molecule has 0 atom stereocenters. The molecule has 4 heteroatoms. The molecule has 0 saturated carbocycles. The van der Waals surface area contributed by atoms with Crippen molar-refractivity contribution in [1.29, 1.82) is 0 Å². The molecular weight excluding hydrogens is 248 g/mol. The Morgan fingerprint density at radius 1 is 0.800 bits per heavy atom. The van der Waals surface area contributed by atoms with Gasteiger partial charge in [0, 0.05) is 6.54 Å². The van der Waals surface area contributed by atoms with Crippen LogP contribution in [-0.2, 0) is 0 Å². The van der Waals surface area contributed by atoms with Gasteiger partial charge < -0.3 is 22.1 Å². The summed E-state index contributed by atoms with van der Waals surface area (Å²) in [6.45, 7) is 10.4. The van der Waals surface area contributed by atoms with Crippen molar-refractivity contribution in [1.82, 2.24) is 10.6 Å². The maximum atomic E-state index is 6.03. The lowest BCUT2D eigenvalue weighted by Crippen LogP contribution is -2.40. The zero-order valence-electron chi connectivity index (χ0n) is 13.8. The van der Waals surface area contributed by atoms with E-state index in [0.29, 0.717) is 5.41 Å². The van der Waals surface area contributed by atoms with E-state index >= 15 is 0 Å². The fraction of sp³-hybridized carbons (Fsp3) is 1.00. The molecule has 0 unspecified atom stereocenters. The third-order valence-electron chi connectivity index (χ3n) is 4.01. The molecule has 0 rings (SSSR count). The molecule has 0 aliphatic heterocycles. The highest BCUT2D eigenvalue weighted by atomic mass is 14.9. The molecule has 20 heavy (non-hydrogen) atoms. The van der Waals surface area contributed by atoms with E-state index in [1.807, 2.05) is 0 Å². The normalized spacial score (nSPS) is 12.0. The average Bonchev–Trinajstić information content (AvgIpc) is 2.46. The highest BCUT2D eigenvalue weighted by Crippen LogP contribution is 2.27. The molecule has 0 fully saturated rings. The van der Waals surface area contributed by atoms with Crippen LogP contribution >= 0.6 is 0 Å². The van der Waals surface area contributed by atoms with Crippen LogP contribution in [0.25, 0.3) is 0 Å². The molecule has 6 N–H and O–H groups in total. The molecule has 0 aliphatic carbocycles. The zero-order valence-corrected chi connectivity index (χ0v) is 13.8. The van der Waals surface area contributed by atoms with Gasteiger partial charge in [0.15, 0.2) is 0 Å². The minimum Gasteiger partial charge on any atom is -0.330 e. The van der Waals surface area contributed by atoms with Crippen LogP contribution < -0.4 is 22.1 Å². The van der Waals surface area contributed by atoms with E-state index < -0.39 is 0 Å². The Morgan fingerprint density at radius 3 is 1.85 bits per heavy atom. The number of unbranched alkanes of at least 4 members (excludes halogenated alkanes) is 1. The number of hydrogen-bond donors (Lipinski definition) is 4. The van der Waals surface area contributed by atoms with Crippen LogP contribution in [0.5, 0.6) is 0 Å². The summed E-state index contributed by atoms with van der Waals surface area (Å²) in [6, 6.07) is 0. The molecule has 0 aromatic carbocycles. The highest BCUT2D eigenvalue weighted by Gasteiger charge is 2.25. The highest BCUT2D eigenvalue weighted by molar-refractivity contribution is 4.82. The monoisotopic (exact) mass is 286 g/mol. The van der Waals surface area contributed by atoms with E-state index in [1.165, 1.54) is 38.5 Å². The molecule has 0 saturated heterocycles. The second-order valence-corrected chi connectivity index (χ2v) is 5.98. The topological polar surface area (TPSA) is 76.1 Å². The zero-order chi connectivity index (χ0) is 15.1.